The molecule has 46 heavy (non-hydrogen) atoms. The van der Waals surface area contributed by atoms with E-state index in [0.29, 0.717) is 0 Å². The van der Waals surface area contributed by atoms with Gasteiger partial charge in [0.25, 0.3) is 0 Å². The summed E-state index contributed by atoms with van der Waals surface area (Å²) < 4.78 is 10.8. The fraction of sp³-hybridized carbons (Fsp3) is 0.0233. The van der Waals surface area contributed by atoms with Gasteiger partial charge in [-0.1, -0.05) is 91.5 Å². The lowest BCUT2D eigenvalue weighted by Gasteiger charge is -2.10. The second-order valence-electron chi connectivity index (χ2n) is 11.8. The molecular weight excluding hydrogens is 560 g/mol. The molecule has 9 rings (SSSR count). The Balaban J connectivity index is 1.24. The zero-order valence-electron chi connectivity index (χ0n) is 25.4. The topological polar surface area (TPSA) is 23.0 Å². The minimum Gasteiger partial charge on any atom is -0.456 e. The van der Waals surface area contributed by atoms with E-state index in [4.69, 9.17) is 4.42 Å². The predicted octanol–water partition coefficient (Wildman–Crippen LogP) is 12.0. The number of furan rings is 1. The summed E-state index contributed by atoms with van der Waals surface area (Å²) in [5.41, 5.74) is 11.4. The fourth-order valence-electron chi connectivity index (χ4n) is 7.17. The second kappa shape index (κ2) is 10.3. The number of para-hydroxylation sites is 3. The Bertz CT molecular complexity index is 2640. The smallest absolute Gasteiger partial charge is 0.135 e. The lowest BCUT2D eigenvalue weighted by molar-refractivity contribution is 0.603. The van der Waals surface area contributed by atoms with Crippen molar-refractivity contribution >= 4 is 66.7 Å². The van der Waals surface area contributed by atoms with Crippen LogP contribution in [0.3, 0.4) is 0 Å². The molecule has 0 N–H and O–H groups in total. The lowest BCUT2D eigenvalue weighted by atomic mass is 10.0. The van der Waals surface area contributed by atoms with Crippen molar-refractivity contribution in [2.24, 2.45) is 0 Å². The van der Waals surface area contributed by atoms with Crippen LogP contribution in [0.4, 0.5) is 0 Å². The number of hydrogen-bond donors (Lipinski definition) is 0. The Hall–Kier alpha value is -6.06. The Kier molecular flexibility index (Phi) is 5.87. The van der Waals surface area contributed by atoms with Gasteiger partial charge in [-0.15, -0.1) is 0 Å². The molecule has 0 bridgehead atoms. The van der Waals surface area contributed by atoms with Crippen molar-refractivity contribution in [3.63, 3.8) is 0 Å². The van der Waals surface area contributed by atoms with Gasteiger partial charge in [-0.25, -0.2) is 0 Å². The van der Waals surface area contributed by atoms with Crippen molar-refractivity contribution in [2.45, 2.75) is 6.92 Å². The fourth-order valence-corrected chi connectivity index (χ4v) is 7.17. The van der Waals surface area contributed by atoms with Crippen molar-refractivity contribution in [2.75, 3.05) is 0 Å². The molecule has 0 amide bonds. The largest absolute Gasteiger partial charge is 0.456 e. The minimum absolute atomic E-state index is 0.799. The van der Waals surface area contributed by atoms with Crippen LogP contribution in [0.2, 0.25) is 0 Å². The Morgan fingerprint density at radius 2 is 1.09 bits per heavy atom. The Labute approximate surface area is 266 Å². The molecule has 0 spiro atoms. The number of allylic oxidation sites excluding steroid dienone is 1. The first kappa shape index (κ1) is 26.4. The number of nitrogens with zero attached hydrogens (tertiary/aromatic N) is 2. The summed E-state index contributed by atoms with van der Waals surface area (Å²) in [6, 6.07) is 48.2. The van der Waals surface area contributed by atoms with Crippen molar-refractivity contribution in [3.05, 3.63) is 157 Å². The summed E-state index contributed by atoms with van der Waals surface area (Å²) in [5.74, 6) is 0.799. The molecule has 3 heteroatoms. The SMILES string of the molecule is C=Cc1oc2ccc(-c3ccc(-n4c5ccccc5c5cc6c(cc54)c4ccccc4n6-c4ccccc4)cc3)cc2c1/C=C\C. The number of fused-ring (bicyclic) bond motifs is 7. The van der Waals surface area contributed by atoms with E-state index < -0.39 is 0 Å². The highest BCUT2D eigenvalue weighted by atomic mass is 16.3. The minimum atomic E-state index is 0.799. The summed E-state index contributed by atoms with van der Waals surface area (Å²) in [4.78, 5) is 0. The molecular formula is C43H30N2O. The standard InChI is InChI=1S/C43H30N2O/c1-3-12-34-37-25-29(21-24-43(37)46-42(34)4-2)28-19-22-31(23-20-28)45-39-18-11-9-16-33(39)36-26-40-35(27-41(36)45)32-15-8-10-17-38(32)44(40)30-13-6-5-7-14-30/h3-27H,2H2,1H3/b12-3-. The van der Waals surface area contributed by atoms with Crippen LogP contribution < -0.4 is 0 Å². The van der Waals surface area contributed by atoms with Gasteiger partial charge in [0.15, 0.2) is 0 Å². The van der Waals surface area contributed by atoms with Gasteiger partial charge in [-0.2, -0.15) is 0 Å². The van der Waals surface area contributed by atoms with E-state index in [1.165, 1.54) is 49.3 Å². The van der Waals surface area contributed by atoms with E-state index in [1.807, 2.05) is 13.0 Å². The molecule has 0 unspecified atom stereocenters. The maximum atomic E-state index is 6.05. The molecule has 0 saturated carbocycles. The molecule has 3 heterocycles. The van der Waals surface area contributed by atoms with Gasteiger partial charge in [0.05, 0.1) is 22.1 Å². The summed E-state index contributed by atoms with van der Waals surface area (Å²) in [6.45, 7) is 5.97. The van der Waals surface area contributed by atoms with Gasteiger partial charge in [0.2, 0.25) is 0 Å². The third kappa shape index (κ3) is 3.85. The molecule has 0 atom stereocenters. The monoisotopic (exact) mass is 590 g/mol. The zero-order valence-corrected chi connectivity index (χ0v) is 25.4. The normalized spacial score (nSPS) is 12.0. The third-order valence-electron chi connectivity index (χ3n) is 9.21. The third-order valence-corrected chi connectivity index (χ3v) is 9.21. The van der Waals surface area contributed by atoms with Crippen molar-refractivity contribution in [1.29, 1.82) is 0 Å². The summed E-state index contributed by atoms with van der Waals surface area (Å²) >= 11 is 0. The van der Waals surface area contributed by atoms with Crippen molar-refractivity contribution < 1.29 is 4.42 Å². The van der Waals surface area contributed by atoms with Gasteiger partial charge in [-0.3, -0.25) is 0 Å². The van der Waals surface area contributed by atoms with Crippen molar-refractivity contribution in [3.8, 4) is 22.5 Å². The van der Waals surface area contributed by atoms with Crippen LogP contribution >= 0.6 is 0 Å². The molecule has 218 valence electrons. The maximum Gasteiger partial charge on any atom is 0.135 e. The molecule has 0 aliphatic rings. The molecule has 0 radical (unpaired) electrons. The molecule has 3 aromatic heterocycles. The van der Waals surface area contributed by atoms with Crippen molar-refractivity contribution in [1.82, 2.24) is 9.13 Å². The molecule has 0 fully saturated rings. The maximum absolute atomic E-state index is 6.05. The van der Waals surface area contributed by atoms with Crippen LogP contribution in [-0.2, 0) is 0 Å². The van der Waals surface area contributed by atoms with Crippen LogP contribution in [0.1, 0.15) is 18.2 Å². The molecule has 0 saturated heterocycles. The lowest BCUT2D eigenvalue weighted by Crippen LogP contribution is -1.94. The molecule has 6 aromatic carbocycles. The predicted molar refractivity (Wildman–Crippen MR) is 195 cm³/mol. The quantitative estimate of drug-likeness (QED) is 0.195. The highest BCUT2D eigenvalue weighted by Crippen LogP contribution is 2.40. The van der Waals surface area contributed by atoms with Crippen LogP contribution in [0.5, 0.6) is 0 Å². The average Bonchev–Trinajstić information content (AvgIpc) is 3.75. The molecule has 0 aliphatic carbocycles. The second-order valence-corrected chi connectivity index (χ2v) is 11.8. The molecule has 9 aromatic rings. The first-order valence-corrected chi connectivity index (χ1v) is 15.7. The van der Waals surface area contributed by atoms with Gasteiger partial charge in [-0.05, 0) is 84.8 Å². The Morgan fingerprint density at radius 1 is 0.522 bits per heavy atom. The summed E-state index contributed by atoms with van der Waals surface area (Å²) in [7, 11) is 0. The number of hydrogen-bond acceptors (Lipinski definition) is 1. The van der Waals surface area contributed by atoms with Gasteiger partial charge < -0.3 is 13.6 Å². The number of aromatic nitrogens is 2. The molecule has 3 nitrogen and oxygen atoms in total. The number of rotatable bonds is 5. The zero-order chi connectivity index (χ0) is 30.8. The van der Waals surface area contributed by atoms with Gasteiger partial charge >= 0.3 is 0 Å². The van der Waals surface area contributed by atoms with E-state index in [0.717, 1.165) is 39.1 Å². The van der Waals surface area contributed by atoms with E-state index >= 15 is 0 Å². The summed E-state index contributed by atoms with van der Waals surface area (Å²) in [5, 5.41) is 6.08. The van der Waals surface area contributed by atoms with E-state index in [-0.39, 0.29) is 0 Å². The first-order valence-electron chi connectivity index (χ1n) is 15.7. The number of benzene rings is 6. The van der Waals surface area contributed by atoms with Gasteiger partial charge in [0, 0.05) is 43.9 Å². The van der Waals surface area contributed by atoms with Crippen LogP contribution in [0, 0.1) is 0 Å². The molecule has 0 aliphatic heterocycles. The Morgan fingerprint density at radius 3 is 1.70 bits per heavy atom. The highest BCUT2D eigenvalue weighted by Gasteiger charge is 2.18. The average molecular weight is 591 g/mol. The van der Waals surface area contributed by atoms with Crippen LogP contribution in [-0.4, -0.2) is 9.13 Å². The highest BCUT2D eigenvalue weighted by molar-refractivity contribution is 6.19. The summed E-state index contributed by atoms with van der Waals surface area (Å²) in [6.07, 6.45) is 5.91. The van der Waals surface area contributed by atoms with E-state index in [1.54, 1.807) is 6.08 Å². The van der Waals surface area contributed by atoms with Gasteiger partial charge in [0.1, 0.15) is 11.3 Å². The van der Waals surface area contributed by atoms with Crippen LogP contribution in [0.15, 0.2) is 151 Å². The van der Waals surface area contributed by atoms with E-state index in [2.05, 4.69) is 155 Å². The van der Waals surface area contributed by atoms with Crippen LogP contribution in [0.25, 0.3) is 89.2 Å². The van der Waals surface area contributed by atoms with E-state index in [9.17, 15) is 0 Å². The first-order chi connectivity index (χ1) is 22.7.